The van der Waals surface area contributed by atoms with Gasteiger partial charge in [-0.2, -0.15) is 4.98 Å². The second kappa shape index (κ2) is 7.26. The van der Waals surface area contributed by atoms with Crippen LogP contribution in [0.4, 0.5) is 0 Å². The number of unbranched alkanes of at least 4 members (excludes halogenated alkanes) is 1. The van der Waals surface area contributed by atoms with Gasteiger partial charge in [0, 0.05) is 5.02 Å². The van der Waals surface area contributed by atoms with Crippen molar-refractivity contribution in [3.8, 4) is 17.1 Å². The van der Waals surface area contributed by atoms with Crippen LogP contribution in [-0.2, 0) is 6.54 Å². The Bertz CT molecular complexity index is 557. The van der Waals surface area contributed by atoms with Crippen LogP contribution in [0, 0.1) is 0 Å². The Morgan fingerprint density at radius 3 is 3.00 bits per heavy atom. The molecule has 1 N–H and O–H groups in total. The highest BCUT2D eigenvalue weighted by Gasteiger charge is 2.14. The minimum atomic E-state index is 0.490. The lowest BCUT2D eigenvalue weighted by atomic mass is 10.2. The van der Waals surface area contributed by atoms with Crippen LogP contribution in [0.5, 0.6) is 5.75 Å². The molecule has 2 rings (SSSR count). The molecule has 5 nitrogen and oxygen atoms in total. The van der Waals surface area contributed by atoms with Gasteiger partial charge in [-0.05, 0) is 31.7 Å². The zero-order valence-corrected chi connectivity index (χ0v) is 12.4. The summed E-state index contributed by atoms with van der Waals surface area (Å²) in [5.74, 6) is 1.74. The van der Waals surface area contributed by atoms with E-state index in [2.05, 4.69) is 22.4 Å². The molecule has 0 fully saturated rings. The molecule has 0 aliphatic heterocycles. The summed E-state index contributed by atoms with van der Waals surface area (Å²) in [4.78, 5) is 4.32. The van der Waals surface area contributed by atoms with Gasteiger partial charge >= 0.3 is 0 Å². The average Bonchev–Trinajstić information content (AvgIpc) is 2.89. The number of nitrogens with one attached hydrogen (secondary N) is 1. The van der Waals surface area contributed by atoms with E-state index in [-0.39, 0.29) is 0 Å². The molecule has 2 aromatic rings. The van der Waals surface area contributed by atoms with Crippen LogP contribution < -0.4 is 10.1 Å². The van der Waals surface area contributed by atoms with Crippen LogP contribution in [0.3, 0.4) is 0 Å². The van der Waals surface area contributed by atoms with Crippen molar-refractivity contribution in [3.05, 3.63) is 29.1 Å². The van der Waals surface area contributed by atoms with Crippen LogP contribution >= 0.6 is 11.6 Å². The molecule has 108 valence electrons. The maximum absolute atomic E-state index is 6.04. The molecule has 0 aliphatic carbocycles. The molecule has 1 aromatic heterocycles. The van der Waals surface area contributed by atoms with Crippen molar-refractivity contribution in [1.29, 1.82) is 0 Å². The highest BCUT2D eigenvalue weighted by Crippen LogP contribution is 2.31. The van der Waals surface area contributed by atoms with Gasteiger partial charge in [0.1, 0.15) is 5.75 Å². The lowest BCUT2D eigenvalue weighted by molar-refractivity contribution is 0.310. The molecule has 6 heteroatoms. The van der Waals surface area contributed by atoms with Crippen LogP contribution in [0.25, 0.3) is 11.4 Å². The summed E-state index contributed by atoms with van der Waals surface area (Å²) in [5, 5.41) is 7.55. The van der Waals surface area contributed by atoms with Crippen molar-refractivity contribution in [3.63, 3.8) is 0 Å². The summed E-state index contributed by atoms with van der Waals surface area (Å²) in [6.45, 7) is 3.31. The maximum Gasteiger partial charge on any atom is 0.240 e. The van der Waals surface area contributed by atoms with E-state index in [1.807, 2.05) is 13.1 Å². The molecule has 1 aromatic carbocycles. The van der Waals surface area contributed by atoms with Crippen molar-refractivity contribution in [2.75, 3.05) is 13.7 Å². The van der Waals surface area contributed by atoms with Gasteiger partial charge in [-0.1, -0.05) is 30.1 Å². The SMILES string of the molecule is CCCCOc1ccc(Cl)cc1-c1noc(CNC)n1. The smallest absolute Gasteiger partial charge is 0.240 e. The number of halogens is 1. The Labute approximate surface area is 123 Å². The van der Waals surface area contributed by atoms with E-state index in [1.54, 1.807) is 12.1 Å². The molecule has 0 unspecified atom stereocenters. The molecule has 0 radical (unpaired) electrons. The Balaban J connectivity index is 2.25. The Kier molecular flexibility index (Phi) is 5.38. The zero-order valence-electron chi connectivity index (χ0n) is 11.6. The minimum absolute atomic E-state index is 0.490. The monoisotopic (exact) mass is 295 g/mol. The predicted molar refractivity (Wildman–Crippen MR) is 77.9 cm³/mol. The number of benzene rings is 1. The van der Waals surface area contributed by atoms with E-state index in [0.717, 1.165) is 24.2 Å². The molecule has 0 spiro atoms. The molecular formula is C14H18ClN3O2. The van der Waals surface area contributed by atoms with Gasteiger partial charge in [-0.3, -0.25) is 0 Å². The highest BCUT2D eigenvalue weighted by molar-refractivity contribution is 6.30. The molecule has 20 heavy (non-hydrogen) atoms. The predicted octanol–water partition coefficient (Wildman–Crippen LogP) is 3.29. The number of hydrogen-bond acceptors (Lipinski definition) is 5. The summed E-state index contributed by atoms with van der Waals surface area (Å²) in [5.41, 5.74) is 0.750. The number of ether oxygens (including phenoxy) is 1. The first kappa shape index (κ1) is 14.8. The third-order valence-electron chi connectivity index (χ3n) is 2.73. The van der Waals surface area contributed by atoms with Gasteiger partial charge in [0.05, 0.1) is 18.7 Å². The van der Waals surface area contributed by atoms with Gasteiger partial charge < -0.3 is 14.6 Å². The summed E-state index contributed by atoms with van der Waals surface area (Å²) < 4.78 is 10.9. The molecule has 0 saturated carbocycles. The van der Waals surface area contributed by atoms with E-state index in [0.29, 0.717) is 29.9 Å². The van der Waals surface area contributed by atoms with Crippen molar-refractivity contribution < 1.29 is 9.26 Å². The largest absolute Gasteiger partial charge is 0.493 e. The van der Waals surface area contributed by atoms with Crippen molar-refractivity contribution in [2.45, 2.75) is 26.3 Å². The summed E-state index contributed by atoms with van der Waals surface area (Å²) in [6.07, 6.45) is 2.08. The molecule has 0 aliphatic rings. The van der Waals surface area contributed by atoms with Crippen LogP contribution in [0.2, 0.25) is 5.02 Å². The number of rotatable bonds is 7. The molecule has 1 heterocycles. The Hall–Kier alpha value is -1.59. The van der Waals surface area contributed by atoms with Crippen LogP contribution in [0.15, 0.2) is 22.7 Å². The lowest BCUT2D eigenvalue weighted by Crippen LogP contribution is -2.05. The first-order valence-corrected chi connectivity index (χ1v) is 7.02. The third kappa shape index (κ3) is 3.71. The molecule has 0 atom stereocenters. The normalized spacial score (nSPS) is 10.8. The standard InChI is InChI=1S/C14H18ClN3O2/c1-3-4-7-19-12-6-5-10(15)8-11(12)14-17-13(9-16-2)20-18-14/h5-6,8,16H,3-4,7,9H2,1-2H3. The van der Waals surface area contributed by atoms with Crippen LogP contribution in [-0.4, -0.2) is 23.8 Å². The Morgan fingerprint density at radius 1 is 1.40 bits per heavy atom. The Morgan fingerprint density at radius 2 is 2.25 bits per heavy atom. The second-order valence-corrected chi connectivity index (χ2v) is 4.82. The number of nitrogens with zero attached hydrogens (tertiary/aromatic N) is 2. The number of hydrogen-bond donors (Lipinski definition) is 1. The second-order valence-electron chi connectivity index (χ2n) is 4.38. The third-order valence-corrected chi connectivity index (χ3v) is 2.97. The maximum atomic E-state index is 6.04. The fourth-order valence-electron chi connectivity index (χ4n) is 1.72. The van der Waals surface area contributed by atoms with Crippen LogP contribution in [0.1, 0.15) is 25.7 Å². The van der Waals surface area contributed by atoms with E-state index in [4.69, 9.17) is 20.9 Å². The minimum Gasteiger partial charge on any atom is -0.493 e. The van der Waals surface area contributed by atoms with Gasteiger partial charge in [0.2, 0.25) is 11.7 Å². The molecule has 0 amide bonds. The van der Waals surface area contributed by atoms with Gasteiger partial charge in [0.15, 0.2) is 0 Å². The van der Waals surface area contributed by atoms with E-state index in [1.165, 1.54) is 0 Å². The first-order valence-electron chi connectivity index (χ1n) is 6.64. The quantitative estimate of drug-likeness (QED) is 0.794. The average molecular weight is 296 g/mol. The van der Waals surface area contributed by atoms with Crippen molar-refractivity contribution in [1.82, 2.24) is 15.5 Å². The van der Waals surface area contributed by atoms with Gasteiger partial charge in [-0.15, -0.1) is 0 Å². The molecule has 0 saturated heterocycles. The highest BCUT2D eigenvalue weighted by atomic mass is 35.5. The zero-order chi connectivity index (χ0) is 14.4. The van der Waals surface area contributed by atoms with E-state index >= 15 is 0 Å². The van der Waals surface area contributed by atoms with E-state index < -0.39 is 0 Å². The topological polar surface area (TPSA) is 60.2 Å². The summed E-state index contributed by atoms with van der Waals surface area (Å²) >= 11 is 6.04. The first-order chi connectivity index (χ1) is 9.74. The molecular weight excluding hydrogens is 278 g/mol. The summed E-state index contributed by atoms with van der Waals surface area (Å²) in [6, 6.07) is 5.42. The fourth-order valence-corrected chi connectivity index (χ4v) is 1.89. The number of aromatic nitrogens is 2. The van der Waals surface area contributed by atoms with Gasteiger partial charge in [-0.25, -0.2) is 0 Å². The lowest BCUT2D eigenvalue weighted by Gasteiger charge is -2.09. The van der Waals surface area contributed by atoms with Crippen molar-refractivity contribution >= 4 is 11.6 Å². The summed E-state index contributed by atoms with van der Waals surface area (Å²) in [7, 11) is 1.82. The van der Waals surface area contributed by atoms with Gasteiger partial charge in [0.25, 0.3) is 0 Å². The van der Waals surface area contributed by atoms with Crippen molar-refractivity contribution in [2.24, 2.45) is 0 Å². The molecule has 0 bridgehead atoms. The fraction of sp³-hybridized carbons (Fsp3) is 0.429. The van der Waals surface area contributed by atoms with E-state index in [9.17, 15) is 0 Å².